The first-order chi connectivity index (χ1) is 15.1. The molecular formula is C24H30N4O3S. The molecule has 0 saturated carbocycles. The quantitative estimate of drug-likeness (QED) is 0.572. The Hall–Kier alpha value is -3.13. The Bertz CT molecular complexity index is 1170. The number of benzene rings is 2. The molecule has 0 saturated heterocycles. The lowest BCUT2D eigenvalue weighted by atomic mass is 9.92. The molecule has 0 fully saturated rings. The van der Waals surface area contributed by atoms with E-state index in [1.807, 2.05) is 65.0 Å². The normalized spacial score (nSPS) is 11.9. The summed E-state index contributed by atoms with van der Waals surface area (Å²) < 4.78 is 30.5. The standard InChI is InChI=1S/C24H30N4O3S/c1-6-27(7-2)23(29)18-13-15-20(16-14-18)32(30,31)26-22-17-21(24(3,4)5)25-28(22)19-11-9-8-10-12-19/h8-17,26H,6-7H2,1-5H3. The van der Waals surface area contributed by atoms with Gasteiger partial charge < -0.3 is 4.90 Å². The van der Waals surface area contributed by atoms with E-state index in [1.165, 1.54) is 12.1 Å². The van der Waals surface area contributed by atoms with Crippen LogP contribution in [0.25, 0.3) is 5.69 Å². The Morgan fingerprint density at radius 2 is 1.59 bits per heavy atom. The molecule has 1 heterocycles. The van der Waals surface area contributed by atoms with E-state index in [4.69, 9.17) is 0 Å². The molecule has 2 aromatic carbocycles. The van der Waals surface area contributed by atoms with E-state index in [2.05, 4.69) is 9.82 Å². The fourth-order valence-corrected chi connectivity index (χ4v) is 4.29. The highest BCUT2D eigenvalue weighted by atomic mass is 32.2. The van der Waals surface area contributed by atoms with Crippen LogP contribution in [0.4, 0.5) is 5.82 Å². The number of hydrogen-bond acceptors (Lipinski definition) is 4. The highest BCUT2D eigenvalue weighted by Crippen LogP contribution is 2.28. The molecule has 170 valence electrons. The fourth-order valence-electron chi connectivity index (χ4n) is 3.25. The number of carbonyl (C=O) groups excluding carboxylic acids is 1. The molecule has 0 aliphatic carbocycles. The van der Waals surface area contributed by atoms with Crippen LogP contribution in [-0.2, 0) is 15.4 Å². The fraction of sp³-hybridized carbons (Fsp3) is 0.333. The lowest BCUT2D eigenvalue weighted by Crippen LogP contribution is -2.30. The van der Waals surface area contributed by atoms with Gasteiger partial charge >= 0.3 is 0 Å². The van der Waals surface area contributed by atoms with Crippen molar-refractivity contribution in [2.24, 2.45) is 0 Å². The van der Waals surface area contributed by atoms with Crippen molar-refractivity contribution in [3.8, 4) is 5.69 Å². The second-order valence-electron chi connectivity index (χ2n) is 8.52. The third kappa shape index (κ3) is 5.02. The summed E-state index contributed by atoms with van der Waals surface area (Å²) in [6, 6.07) is 17.1. The van der Waals surface area contributed by atoms with Crippen molar-refractivity contribution in [1.29, 1.82) is 0 Å². The molecule has 3 aromatic rings. The predicted octanol–water partition coefficient (Wildman–Crippen LogP) is 4.45. The summed E-state index contributed by atoms with van der Waals surface area (Å²) in [7, 11) is -3.89. The average Bonchev–Trinajstić information content (AvgIpc) is 3.19. The van der Waals surface area contributed by atoms with Crippen molar-refractivity contribution in [2.45, 2.75) is 44.9 Å². The van der Waals surface area contributed by atoms with E-state index < -0.39 is 10.0 Å². The van der Waals surface area contributed by atoms with E-state index in [-0.39, 0.29) is 16.2 Å². The minimum atomic E-state index is -3.89. The largest absolute Gasteiger partial charge is 0.339 e. The van der Waals surface area contributed by atoms with Crippen LogP contribution < -0.4 is 4.72 Å². The smallest absolute Gasteiger partial charge is 0.263 e. The molecule has 7 nitrogen and oxygen atoms in total. The van der Waals surface area contributed by atoms with Gasteiger partial charge in [-0.25, -0.2) is 13.1 Å². The summed E-state index contributed by atoms with van der Waals surface area (Å²) in [4.78, 5) is 14.3. The van der Waals surface area contributed by atoms with Gasteiger partial charge in [-0.1, -0.05) is 39.0 Å². The Labute approximate surface area is 190 Å². The first-order valence-corrected chi connectivity index (χ1v) is 12.1. The zero-order valence-electron chi connectivity index (χ0n) is 19.2. The van der Waals surface area contributed by atoms with Gasteiger partial charge in [0.15, 0.2) is 0 Å². The molecule has 0 aliphatic heterocycles. The molecule has 1 aromatic heterocycles. The van der Waals surface area contributed by atoms with Crippen molar-refractivity contribution in [1.82, 2.24) is 14.7 Å². The maximum Gasteiger partial charge on any atom is 0.263 e. The highest BCUT2D eigenvalue weighted by Gasteiger charge is 2.24. The van der Waals surface area contributed by atoms with Crippen molar-refractivity contribution in [3.63, 3.8) is 0 Å². The monoisotopic (exact) mass is 454 g/mol. The minimum absolute atomic E-state index is 0.0757. The van der Waals surface area contributed by atoms with Gasteiger partial charge in [-0.05, 0) is 50.2 Å². The second kappa shape index (κ2) is 9.16. The molecule has 0 bridgehead atoms. The van der Waals surface area contributed by atoms with Crippen LogP contribution in [0.3, 0.4) is 0 Å². The number of anilines is 1. The summed E-state index contributed by atoms with van der Waals surface area (Å²) in [5.74, 6) is 0.230. The van der Waals surface area contributed by atoms with Crippen molar-refractivity contribution in [2.75, 3.05) is 17.8 Å². The third-order valence-electron chi connectivity index (χ3n) is 5.18. The molecule has 0 spiro atoms. The topological polar surface area (TPSA) is 84.3 Å². The number of carbonyl (C=O) groups is 1. The SMILES string of the molecule is CCN(CC)C(=O)c1ccc(S(=O)(=O)Nc2cc(C(C)(C)C)nn2-c2ccccc2)cc1. The maximum atomic E-state index is 13.1. The lowest BCUT2D eigenvalue weighted by molar-refractivity contribution is 0.0773. The van der Waals surface area contributed by atoms with E-state index in [0.717, 1.165) is 11.4 Å². The van der Waals surface area contributed by atoms with Gasteiger partial charge in [-0.2, -0.15) is 5.10 Å². The average molecular weight is 455 g/mol. The number of nitrogens with one attached hydrogen (secondary N) is 1. The summed E-state index contributed by atoms with van der Waals surface area (Å²) in [6.07, 6.45) is 0. The van der Waals surface area contributed by atoms with E-state index in [9.17, 15) is 13.2 Å². The molecule has 1 N–H and O–H groups in total. The van der Waals surface area contributed by atoms with Crippen molar-refractivity contribution >= 4 is 21.7 Å². The van der Waals surface area contributed by atoms with Crippen LogP contribution >= 0.6 is 0 Å². The number of nitrogens with zero attached hydrogens (tertiary/aromatic N) is 3. The lowest BCUT2D eigenvalue weighted by Gasteiger charge is -2.18. The number of sulfonamides is 1. The van der Waals surface area contributed by atoms with Gasteiger partial charge in [-0.3, -0.25) is 9.52 Å². The molecule has 32 heavy (non-hydrogen) atoms. The zero-order chi connectivity index (χ0) is 23.5. The van der Waals surface area contributed by atoms with Gasteiger partial charge in [0.1, 0.15) is 5.82 Å². The first kappa shape index (κ1) is 23.5. The van der Waals surface area contributed by atoms with Crippen LogP contribution in [0.2, 0.25) is 0 Å². The highest BCUT2D eigenvalue weighted by molar-refractivity contribution is 7.92. The molecule has 0 aliphatic rings. The van der Waals surface area contributed by atoms with Gasteiger partial charge in [0, 0.05) is 30.1 Å². The number of hydrogen-bond donors (Lipinski definition) is 1. The molecule has 8 heteroatoms. The minimum Gasteiger partial charge on any atom is -0.339 e. The Morgan fingerprint density at radius 1 is 1.00 bits per heavy atom. The predicted molar refractivity (Wildman–Crippen MR) is 127 cm³/mol. The summed E-state index contributed by atoms with van der Waals surface area (Å²) in [5, 5.41) is 4.64. The molecule has 0 radical (unpaired) electrons. The third-order valence-corrected chi connectivity index (χ3v) is 6.55. The first-order valence-electron chi connectivity index (χ1n) is 10.6. The van der Waals surface area contributed by atoms with Gasteiger partial charge in [0.2, 0.25) is 0 Å². The van der Waals surface area contributed by atoms with Crippen molar-refractivity contribution < 1.29 is 13.2 Å². The number of rotatable bonds is 7. The maximum absolute atomic E-state index is 13.1. The molecule has 0 unspecified atom stereocenters. The van der Waals surface area contributed by atoms with E-state index in [1.54, 1.807) is 27.8 Å². The Balaban J connectivity index is 1.94. The Kier molecular flexibility index (Phi) is 6.74. The van der Waals surface area contributed by atoms with Gasteiger partial charge in [0.25, 0.3) is 15.9 Å². The summed E-state index contributed by atoms with van der Waals surface area (Å²) in [5.41, 5.74) is 1.71. The molecular weight excluding hydrogens is 424 g/mol. The van der Waals surface area contributed by atoms with Crippen LogP contribution in [0, 0.1) is 0 Å². The summed E-state index contributed by atoms with van der Waals surface area (Å²) >= 11 is 0. The van der Waals surface area contributed by atoms with E-state index >= 15 is 0 Å². The second-order valence-corrected chi connectivity index (χ2v) is 10.2. The van der Waals surface area contributed by atoms with Gasteiger partial charge in [-0.15, -0.1) is 0 Å². The molecule has 1 amide bonds. The zero-order valence-corrected chi connectivity index (χ0v) is 20.0. The molecule has 0 atom stereocenters. The van der Waals surface area contributed by atoms with Crippen molar-refractivity contribution in [3.05, 3.63) is 71.9 Å². The van der Waals surface area contributed by atoms with Crippen LogP contribution in [0.1, 0.15) is 50.7 Å². The Morgan fingerprint density at radius 3 is 2.12 bits per heavy atom. The van der Waals surface area contributed by atoms with Gasteiger partial charge in [0.05, 0.1) is 16.3 Å². The van der Waals surface area contributed by atoms with Crippen LogP contribution in [0.5, 0.6) is 0 Å². The van der Waals surface area contributed by atoms with Crippen LogP contribution in [0.15, 0.2) is 65.6 Å². The number of amides is 1. The number of para-hydroxylation sites is 1. The summed E-state index contributed by atoms with van der Waals surface area (Å²) in [6.45, 7) is 11.1. The molecule has 3 rings (SSSR count). The van der Waals surface area contributed by atoms with E-state index in [0.29, 0.717) is 24.5 Å². The van der Waals surface area contributed by atoms with Crippen LogP contribution in [-0.4, -0.2) is 42.1 Å². The number of aromatic nitrogens is 2.